The maximum Gasteiger partial charge on any atom is 0.249 e. The lowest BCUT2D eigenvalue weighted by molar-refractivity contribution is -0.138. The Hall–Kier alpha value is -3.14. The van der Waals surface area contributed by atoms with Crippen LogP contribution in [0.5, 0.6) is 0 Å². The van der Waals surface area contributed by atoms with Crippen molar-refractivity contribution in [2.75, 3.05) is 51.3 Å². The van der Waals surface area contributed by atoms with Crippen LogP contribution in [0.15, 0.2) is 23.3 Å². The van der Waals surface area contributed by atoms with E-state index in [4.69, 9.17) is 16.0 Å². The average Bonchev–Trinajstić information content (AvgIpc) is 3.60. The van der Waals surface area contributed by atoms with E-state index in [1.807, 2.05) is 12.1 Å². The summed E-state index contributed by atoms with van der Waals surface area (Å²) in [6, 6.07) is 4.21. The van der Waals surface area contributed by atoms with Crippen LogP contribution in [-0.4, -0.2) is 92.0 Å². The fourth-order valence-electron chi connectivity index (χ4n) is 6.38. The zero-order chi connectivity index (χ0) is 25.4. The van der Waals surface area contributed by atoms with Crippen LogP contribution in [0.2, 0.25) is 0 Å². The third-order valence-corrected chi connectivity index (χ3v) is 8.28. The first-order valence-electron chi connectivity index (χ1n) is 12.7. The van der Waals surface area contributed by atoms with Crippen molar-refractivity contribution in [3.8, 4) is 0 Å². The summed E-state index contributed by atoms with van der Waals surface area (Å²) in [5.74, 6) is -1.55. The van der Waals surface area contributed by atoms with E-state index in [-0.39, 0.29) is 30.8 Å². The number of benzene rings is 1. The first-order valence-corrected chi connectivity index (χ1v) is 12.7. The maximum absolute atomic E-state index is 14.3. The van der Waals surface area contributed by atoms with Gasteiger partial charge in [-0.1, -0.05) is 18.0 Å². The number of azide groups is 1. The summed E-state index contributed by atoms with van der Waals surface area (Å²) in [4.78, 5) is 48.5. The molecule has 1 aliphatic carbocycles. The molecule has 4 aliphatic rings. The van der Waals surface area contributed by atoms with Gasteiger partial charge in [0.05, 0.1) is 18.1 Å². The smallest absolute Gasteiger partial charge is 0.249 e. The predicted octanol–water partition coefficient (Wildman–Crippen LogP) is 1.67. The number of amides is 2. The van der Waals surface area contributed by atoms with Crippen LogP contribution in [0.3, 0.4) is 0 Å². The third-order valence-electron chi connectivity index (χ3n) is 8.28. The second-order valence-electron chi connectivity index (χ2n) is 10.4. The van der Waals surface area contributed by atoms with Crippen LogP contribution in [0.1, 0.15) is 47.5 Å². The van der Waals surface area contributed by atoms with Crippen molar-refractivity contribution in [2.45, 2.75) is 49.8 Å². The highest BCUT2D eigenvalue weighted by molar-refractivity contribution is 5.99. The Morgan fingerprint density at radius 3 is 2.58 bits per heavy atom. The van der Waals surface area contributed by atoms with Crippen LogP contribution in [-0.2, 0) is 14.3 Å². The van der Waals surface area contributed by atoms with E-state index in [2.05, 4.69) is 26.9 Å². The molecule has 0 spiro atoms. The number of Topliss-reactive ketones (excluding diaryl/α,β-unsaturated/α-hetero) is 1. The Morgan fingerprint density at radius 1 is 1.19 bits per heavy atom. The van der Waals surface area contributed by atoms with Crippen molar-refractivity contribution in [3.63, 3.8) is 0 Å². The number of ketones is 1. The van der Waals surface area contributed by atoms with Crippen molar-refractivity contribution < 1.29 is 19.1 Å². The summed E-state index contributed by atoms with van der Waals surface area (Å²) in [7, 11) is 2.09. The summed E-state index contributed by atoms with van der Waals surface area (Å²) < 4.78 is 5.62. The molecule has 3 heterocycles. The molecule has 1 aromatic rings. The summed E-state index contributed by atoms with van der Waals surface area (Å²) in [5.41, 5.74) is 16.8. The molecule has 1 aromatic carbocycles. The van der Waals surface area contributed by atoms with Gasteiger partial charge in [-0.15, -0.1) is 0 Å². The van der Waals surface area contributed by atoms with Crippen molar-refractivity contribution in [1.29, 1.82) is 0 Å². The Labute approximate surface area is 210 Å². The lowest BCUT2D eigenvalue weighted by Crippen LogP contribution is -2.46. The number of carbonyl (C=O) groups excluding carboxylic acids is 3. The van der Waals surface area contributed by atoms with Crippen LogP contribution < -0.4 is 10.6 Å². The van der Waals surface area contributed by atoms with Crippen molar-refractivity contribution in [2.24, 2.45) is 16.8 Å². The number of likely N-dealkylation sites (tertiary alicyclic amines) is 1. The van der Waals surface area contributed by atoms with Gasteiger partial charge >= 0.3 is 0 Å². The molecule has 2 amide bonds. The summed E-state index contributed by atoms with van der Waals surface area (Å²) in [5, 5.41) is 3.81. The molecule has 5 rings (SSSR count). The molecule has 0 bridgehead atoms. The molecule has 2 N–H and O–H groups in total. The number of nitrogens with two attached hydrogens (primary N) is 1. The highest BCUT2D eigenvalue weighted by atomic mass is 16.5. The van der Waals surface area contributed by atoms with Crippen molar-refractivity contribution in [3.05, 3.63) is 39.8 Å². The number of fused-ring (bicyclic) bond motifs is 1. The molecule has 0 aromatic heterocycles. The molecular weight excluding hydrogens is 462 g/mol. The van der Waals surface area contributed by atoms with E-state index < -0.39 is 30.0 Å². The molecule has 11 nitrogen and oxygen atoms in total. The quantitative estimate of drug-likeness (QED) is 0.361. The standard InChI is InChI=1S/C25H33N7O4/c1-30-8-10-31(11-9-30)16-6-7-17(24(26)34)18(12-16)21(15-4-2-3-5-15)25(35)32-13-19(28-29-27)23-22(32)20(33)14-36-23/h6-7,12,15,19,21-23H,2-5,8-11,13-14H2,1H3,(H2,26,34)/t19-,21-,22+,23+/m0/s1. The highest BCUT2D eigenvalue weighted by Crippen LogP contribution is 2.43. The zero-order valence-corrected chi connectivity index (χ0v) is 20.6. The normalized spacial score (nSPS) is 27.7. The predicted molar refractivity (Wildman–Crippen MR) is 133 cm³/mol. The average molecular weight is 496 g/mol. The highest BCUT2D eigenvalue weighted by Gasteiger charge is 2.53. The van der Waals surface area contributed by atoms with Crippen LogP contribution >= 0.6 is 0 Å². The molecule has 192 valence electrons. The summed E-state index contributed by atoms with van der Waals surface area (Å²) >= 11 is 0. The van der Waals surface area contributed by atoms with Gasteiger partial charge in [-0.2, -0.15) is 0 Å². The van der Waals surface area contributed by atoms with Crippen molar-refractivity contribution in [1.82, 2.24) is 9.80 Å². The molecule has 4 atom stereocenters. The minimum absolute atomic E-state index is 0.0349. The molecule has 3 aliphatic heterocycles. The van der Waals surface area contributed by atoms with Crippen LogP contribution in [0.25, 0.3) is 10.4 Å². The van der Waals surface area contributed by atoms with E-state index in [1.54, 1.807) is 6.07 Å². The molecule has 4 fully saturated rings. The minimum atomic E-state index is -0.769. The van der Waals surface area contributed by atoms with Gasteiger partial charge in [-0.25, -0.2) is 0 Å². The largest absolute Gasteiger partial charge is 0.369 e. The Morgan fingerprint density at radius 2 is 1.92 bits per heavy atom. The van der Waals surface area contributed by atoms with E-state index in [9.17, 15) is 14.4 Å². The molecule has 0 radical (unpaired) electrons. The van der Waals surface area contributed by atoms with E-state index >= 15 is 0 Å². The minimum Gasteiger partial charge on any atom is -0.369 e. The number of carbonyl (C=O) groups is 3. The molecular formula is C25H33N7O4. The van der Waals surface area contributed by atoms with E-state index in [0.717, 1.165) is 57.5 Å². The number of nitrogens with zero attached hydrogens (tertiary/aromatic N) is 6. The number of hydrogen-bond acceptors (Lipinski definition) is 7. The monoisotopic (exact) mass is 495 g/mol. The topological polar surface area (TPSA) is 145 Å². The molecule has 1 saturated carbocycles. The SMILES string of the molecule is CN1CCN(c2ccc(C(N)=O)c([C@@H](C(=O)N3C[C@H](N=[N+]=[N-])[C@H]4OCC(=O)[C@H]43)C3CCCC3)c2)CC1. The lowest BCUT2D eigenvalue weighted by Gasteiger charge is -2.35. The van der Waals surface area contributed by atoms with E-state index in [0.29, 0.717) is 11.1 Å². The number of ether oxygens (including phenoxy) is 1. The number of anilines is 1. The lowest BCUT2D eigenvalue weighted by atomic mass is 9.80. The van der Waals surface area contributed by atoms with Gasteiger partial charge in [0.1, 0.15) is 12.6 Å². The van der Waals surface area contributed by atoms with E-state index in [1.165, 1.54) is 4.90 Å². The summed E-state index contributed by atoms with van der Waals surface area (Å²) in [6.45, 7) is 3.58. The number of hydrogen-bond donors (Lipinski definition) is 1. The molecule has 0 unspecified atom stereocenters. The first kappa shape index (κ1) is 24.5. The summed E-state index contributed by atoms with van der Waals surface area (Å²) in [6.07, 6.45) is 3.11. The van der Waals surface area contributed by atoms with Gasteiger partial charge in [0.15, 0.2) is 5.78 Å². The van der Waals surface area contributed by atoms with Gasteiger partial charge in [-0.05, 0) is 55.1 Å². The van der Waals surface area contributed by atoms with Crippen molar-refractivity contribution >= 4 is 23.3 Å². The first-order chi connectivity index (χ1) is 17.4. The Kier molecular flexibility index (Phi) is 6.87. The van der Waals surface area contributed by atoms with Gasteiger partial charge in [0, 0.05) is 48.9 Å². The second kappa shape index (κ2) is 10.1. The van der Waals surface area contributed by atoms with Crippen LogP contribution in [0.4, 0.5) is 5.69 Å². The Bertz CT molecular complexity index is 1090. The second-order valence-corrected chi connectivity index (χ2v) is 10.4. The van der Waals surface area contributed by atoms with Crippen LogP contribution in [0, 0.1) is 5.92 Å². The zero-order valence-electron chi connectivity index (χ0n) is 20.6. The van der Waals surface area contributed by atoms with Gasteiger partial charge in [0.25, 0.3) is 0 Å². The van der Waals surface area contributed by atoms with Gasteiger partial charge < -0.3 is 25.2 Å². The molecule has 3 saturated heterocycles. The third kappa shape index (κ3) is 4.42. The number of piperazine rings is 1. The molecule has 11 heteroatoms. The fourth-order valence-corrected chi connectivity index (χ4v) is 6.38. The Balaban J connectivity index is 1.54. The van der Waals surface area contributed by atoms with Gasteiger partial charge in [0.2, 0.25) is 11.8 Å². The molecule has 36 heavy (non-hydrogen) atoms. The fraction of sp³-hybridized carbons (Fsp3) is 0.640. The number of rotatable bonds is 6. The number of primary amides is 1. The maximum atomic E-state index is 14.3. The number of likely N-dealkylation sites (N-methyl/N-ethyl adjacent to an activating group) is 1. The van der Waals surface area contributed by atoms with Gasteiger partial charge in [-0.3, -0.25) is 14.4 Å².